The second kappa shape index (κ2) is 12.4. The Morgan fingerprint density at radius 2 is 1.72 bits per heavy atom. The topological polar surface area (TPSA) is 125 Å². The number of benzene rings is 2. The molecule has 4 rings (SSSR count). The molecule has 0 radical (unpaired) electrons. The van der Waals surface area contributed by atoms with Crippen LogP contribution in [0.4, 0.5) is 10.5 Å². The SMILES string of the molecule is Cc1cccc(C)c1NC(=O)N1CCC(COc2cccc(-c3sc(C(=O)O)c(OCC(=O)O)c3Cl)c2)CC1. The van der Waals surface area contributed by atoms with E-state index in [1.54, 1.807) is 24.3 Å². The number of carboxylic acids is 2. The van der Waals surface area contributed by atoms with E-state index in [9.17, 15) is 19.5 Å². The summed E-state index contributed by atoms with van der Waals surface area (Å²) in [6.45, 7) is 4.99. The second-order valence-electron chi connectivity index (χ2n) is 9.36. The van der Waals surface area contributed by atoms with Crippen LogP contribution in [0.2, 0.25) is 5.02 Å². The van der Waals surface area contributed by atoms with Crippen molar-refractivity contribution in [3.8, 4) is 21.9 Å². The van der Waals surface area contributed by atoms with Crippen LogP contribution in [0.15, 0.2) is 42.5 Å². The molecular weight excluding hydrogens is 544 g/mol. The number of ether oxygens (including phenoxy) is 2. The molecule has 1 aliphatic rings. The van der Waals surface area contributed by atoms with Crippen molar-refractivity contribution >= 4 is 46.6 Å². The average molecular weight is 573 g/mol. The number of carbonyl (C=O) groups excluding carboxylic acids is 1. The third kappa shape index (κ3) is 6.82. The van der Waals surface area contributed by atoms with Gasteiger partial charge in [0.15, 0.2) is 17.2 Å². The molecule has 2 aromatic carbocycles. The fourth-order valence-corrected chi connectivity index (χ4v) is 5.83. The van der Waals surface area contributed by atoms with Gasteiger partial charge < -0.3 is 29.9 Å². The second-order valence-corrected chi connectivity index (χ2v) is 10.8. The molecule has 1 aromatic heterocycles. The third-order valence-electron chi connectivity index (χ3n) is 6.54. The van der Waals surface area contributed by atoms with E-state index in [0.29, 0.717) is 35.9 Å². The number of urea groups is 1. The molecule has 1 fully saturated rings. The maximum Gasteiger partial charge on any atom is 0.349 e. The number of carboxylic acid groups (broad SMARTS) is 2. The Balaban J connectivity index is 1.35. The Hall–Kier alpha value is -3.76. The number of rotatable bonds is 9. The number of piperidine rings is 1. The molecule has 0 bridgehead atoms. The molecule has 0 saturated carbocycles. The number of nitrogens with zero attached hydrogens (tertiary/aromatic N) is 1. The summed E-state index contributed by atoms with van der Waals surface area (Å²) in [6.07, 6.45) is 1.62. The van der Waals surface area contributed by atoms with Gasteiger partial charge in [-0.3, -0.25) is 0 Å². The fourth-order valence-electron chi connectivity index (χ4n) is 4.43. The van der Waals surface area contributed by atoms with Crippen molar-refractivity contribution < 1.29 is 34.1 Å². The summed E-state index contributed by atoms with van der Waals surface area (Å²) in [6, 6.07) is 12.9. The first-order valence-electron chi connectivity index (χ1n) is 12.4. The van der Waals surface area contributed by atoms with Crippen LogP contribution in [0, 0.1) is 19.8 Å². The van der Waals surface area contributed by atoms with Gasteiger partial charge in [-0.15, -0.1) is 11.3 Å². The Bertz CT molecular complexity index is 1360. The van der Waals surface area contributed by atoms with Crippen LogP contribution >= 0.6 is 22.9 Å². The number of halogens is 1. The first-order valence-corrected chi connectivity index (χ1v) is 13.6. The van der Waals surface area contributed by atoms with Gasteiger partial charge in [-0.25, -0.2) is 14.4 Å². The van der Waals surface area contributed by atoms with Crippen molar-refractivity contribution in [1.29, 1.82) is 0 Å². The first-order chi connectivity index (χ1) is 18.6. The first kappa shape index (κ1) is 28.3. The van der Waals surface area contributed by atoms with Gasteiger partial charge in [0, 0.05) is 18.8 Å². The highest BCUT2D eigenvalue weighted by Gasteiger charge is 2.26. The lowest BCUT2D eigenvalue weighted by molar-refractivity contribution is -0.139. The Kier molecular flexibility index (Phi) is 8.98. The summed E-state index contributed by atoms with van der Waals surface area (Å²) in [5.41, 5.74) is 3.55. The Morgan fingerprint density at radius 3 is 2.36 bits per heavy atom. The van der Waals surface area contributed by atoms with Crippen molar-refractivity contribution in [3.63, 3.8) is 0 Å². The molecule has 1 aliphatic heterocycles. The minimum atomic E-state index is -1.25. The number of amides is 2. The zero-order valence-electron chi connectivity index (χ0n) is 21.5. The molecule has 0 unspecified atom stereocenters. The lowest BCUT2D eigenvalue weighted by Gasteiger charge is -2.32. The molecule has 0 atom stereocenters. The standard InChI is InChI=1S/C28H29ClN2O7S/c1-16-5-3-6-17(2)23(16)30-28(36)31-11-9-18(10-12-31)14-37-20-8-4-7-19(13-20)25-22(29)24(38-15-21(32)33)26(39-25)27(34)35/h3-8,13,18H,9-12,14-15H2,1-2H3,(H,30,36)(H,32,33)(H,34,35). The highest BCUT2D eigenvalue weighted by atomic mass is 35.5. The van der Waals surface area contributed by atoms with Crippen LogP contribution in [0.25, 0.3) is 10.4 Å². The van der Waals surface area contributed by atoms with Gasteiger partial charge in [-0.1, -0.05) is 41.9 Å². The maximum absolute atomic E-state index is 12.8. The number of anilines is 1. The van der Waals surface area contributed by atoms with Crippen molar-refractivity contribution in [2.24, 2.45) is 5.92 Å². The minimum absolute atomic E-state index is 0.0438. The molecule has 3 N–H and O–H groups in total. The molecule has 1 saturated heterocycles. The Labute approximate surface area is 234 Å². The van der Waals surface area contributed by atoms with Crippen molar-refractivity contribution in [3.05, 3.63) is 63.5 Å². The lowest BCUT2D eigenvalue weighted by Crippen LogP contribution is -2.42. The maximum atomic E-state index is 12.8. The van der Waals surface area contributed by atoms with Gasteiger partial charge in [0.1, 0.15) is 10.8 Å². The van der Waals surface area contributed by atoms with Gasteiger partial charge in [0.05, 0.1) is 11.5 Å². The number of aliphatic carboxylic acids is 1. The van der Waals surface area contributed by atoms with Crippen LogP contribution in [-0.4, -0.2) is 59.4 Å². The van der Waals surface area contributed by atoms with Crippen LogP contribution in [0.1, 0.15) is 33.6 Å². The predicted molar refractivity (Wildman–Crippen MR) is 150 cm³/mol. The van der Waals surface area contributed by atoms with E-state index in [1.807, 2.05) is 36.9 Å². The van der Waals surface area contributed by atoms with E-state index >= 15 is 0 Å². The quantitative estimate of drug-likeness (QED) is 0.280. The molecule has 39 heavy (non-hydrogen) atoms. The highest BCUT2D eigenvalue weighted by Crippen LogP contribution is 2.46. The number of thiophene rings is 1. The number of hydrogen-bond donors (Lipinski definition) is 3. The molecule has 2 amide bonds. The third-order valence-corrected chi connectivity index (χ3v) is 8.22. The monoisotopic (exact) mass is 572 g/mol. The number of likely N-dealkylation sites (tertiary alicyclic amines) is 1. The molecule has 11 heteroatoms. The molecule has 0 spiro atoms. The number of aryl methyl sites for hydroxylation is 2. The van der Waals surface area contributed by atoms with E-state index in [2.05, 4.69) is 5.32 Å². The number of nitrogens with one attached hydrogen (secondary N) is 1. The van der Waals surface area contributed by atoms with Crippen LogP contribution in [0.5, 0.6) is 11.5 Å². The van der Waals surface area contributed by atoms with E-state index in [-0.39, 0.29) is 27.6 Å². The van der Waals surface area contributed by atoms with E-state index in [0.717, 1.165) is 41.0 Å². The zero-order chi connectivity index (χ0) is 28.1. The van der Waals surface area contributed by atoms with Crippen LogP contribution in [-0.2, 0) is 4.79 Å². The average Bonchev–Trinajstić information content (AvgIpc) is 3.25. The summed E-state index contributed by atoms with van der Waals surface area (Å²) in [5.74, 6) is -1.78. The smallest absolute Gasteiger partial charge is 0.349 e. The molecule has 2 heterocycles. The van der Waals surface area contributed by atoms with E-state index < -0.39 is 18.5 Å². The normalized spacial score (nSPS) is 13.7. The van der Waals surface area contributed by atoms with E-state index in [4.69, 9.17) is 26.2 Å². The molecular formula is C28H29ClN2O7S. The summed E-state index contributed by atoms with van der Waals surface area (Å²) in [7, 11) is 0. The molecule has 9 nitrogen and oxygen atoms in total. The highest BCUT2D eigenvalue weighted by molar-refractivity contribution is 7.18. The van der Waals surface area contributed by atoms with Gasteiger partial charge in [-0.2, -0.15) is 0 Å². The largest absolute Gasteiger partial charge is 0.493 e. The summed E-state index contributed by atoms with van der Waals surface area (Å²) in [5, 5.41) is 21.5. The van der Waals surface area contributed by atoms with Crippen molar-refractivity contribution in [2.45, 2.75) is 26.7 Å². The molecule has 206 valence electrons. The Morgan fingerprint density at radius 1 is 1.05 bits per heavy atom. The fraction of sp³-hybridized carbons (Fsp3) is 0.321. The number of aromatic carboxylic acids is 1. The van der Waals surface area contributed by atoms with Crippen molar-refractivity contribution in [1.82, 2.24) is 4.90 Å². The van der Waals surface area contributed by atoms with Gasteiger partial charge in [0.25, 0.3) is 0 Å². The summed E-state index contributed by atoms with van der Waals surface area (Å²) < 4.78 is 11.2. The van der Waals surface area contributed by atoms with Crippen molar-refractivity contribution in [2.75, 3.05) is 31.6 Å². The number of para-hydroxylation sites is 1. The van der Waals surface area contributed by atoms with Gasteiger partial charge in [-0.05, 0) is 61.4 Å². The molecule has 3 aromatic rings. The minimum Gasteiger partial charge on any atom is -0.493 e. The van der Waals surface area contributed by atoms with Crippen LogP contribution in [0.3, 0.4) is 0 Å². The van der Waals surface area contributed by atoms with Crippen LogP contribution < -0.4 is 14.8 Å². The van der Waals surface area contributed by atoms with E-state index in [1.165, 1.54) is 0 Å². The zero-order valence-corrected chi connectivity index (χ0v) is 23.1. The molecule has 0 aliphatic carbocycles. The van der Waals surface area contributed by atoms with Gasteiger partial charge in [0.2, 0.25) is 0 Å². The van der Waals surface area contributed by atoms with Gasteiger partial charge >= 0.3 is 18.0 Å². The number of hydrogen-bond acceptors (Lipinski definition) is 6. The lowest BCUT2D eigenvalue weighted by atomic mass is 9.98. The number of carbonyl (C=O) groups is 3. The predicted octanol–water partition coefficient (Wildman–Crippen LogP) is 6.17. The summed E-state index contributed by atoms with van der Waals surface area (Å²) in [4.78, 5) is 37.5. The summed E-state index contributed by atoms with van der Waals surface area (Å²) >= 11 is 7.31.